The van der Waals surface area contributed by atoms with Gasteiger partial charge in [0.25, 0.3) is 0 Å². The molecule has 0 saturated carbocycles. The molecule has 0 aliphatic carbocycles. The summed E-state index contributed by atoms with van der Waals surface area (Å²) in [4.78, 5) is 0. The molecule has 1 aliphatic rings. The highest BCUT2D eigenvalue weighted by Gasteiger charge is 2.42. The van der Waals surface area contributed by atoms with E-state index in [1.165, 1.54) is 7.11 Å². The quantitative estimate of drug-likeness (QED) is 0.555. The SMILES string of the molecule is CO[C@@H]1O[C@@H](CF)[C@H](O)[C@H]1O. The van der Waals surface area contributed by atoms with Crippen LogP contribution < -0.4 is 0 Å². The van der Waals surface area contributed by atoms with Crippen LogP contribution in [0.1, 0.15) is 0 Å². The molecule has 1 saturated heterocycles. The maximum absolute atomic E-state index is 12.0. The van der Waals surface area contributed by atoms with Crippen molar-refractivity contribution in [3.05, 3.63) is 0 Å². The molecular weight excluding hydrogens is 155 g/mol. The molecule has 4 nitrogen and oxygen atoms in total. The minimum absolute atomic E-state index is 0.821. The predicted octanol–water partition coefficient (Wildman–Crippen LogP) is -0.951. The smallest absolute Gasteiger partial charge is 0.186 e. The monoisotopic (exact) mass is 166 g/mol. The molecule has 0 spiro atoms. The van der Waals surface area contributed by atoms with Crippen molar-refractivity contribution in [1.29, 1.82) is 0 Å². The first-order chi connectivity index (χ1) is 5.20. The molecule has 11 heavy (non-hydrogen) atoms. The molecule has 1 fully saturated rings. The third kappa shape index (κ3) is 1.51. The van der Waals surface area contributed by atoms with Gasteiger partial charge in [-0.2, -0.15) is 0 Å². The lowest BCUT2D eigenvalue weighted by Gasteiger charge is -2.11. The summed E-state index contributed by atoms with van der Waals surface area (Å²) >= 11 is 0. The number of ether oxygens (including phenoxy) is 2. The number of hydrogen-bond acceptors (Lipinski definition) is 4. The Labute approximate surface area is 63.5 Å². The van der Waals surface area contributed by atoms with Crippen LogP contribution in [0, 0.1) is 0 Å². The summed E-state index contributed by atoms with van der Waals surface area (Å²) in [6, 6.07) is 0. The normalized spacial score (nSPS) is 44.7. The topological polar surface area (TPSA) is 58.9 Å². The van der Waals surface area contributed by atoms with E-state index < -0.39 is 31.3 Å². The summed E-state index contributed by atoms with van der Waals surface area (Å²) in [6.45, 7) is -0.821. The molecule has 1 rings (SSSR count). The molecule has 0 bridgehead atoms. The zero-order chi connectivity index (χ0) is 8.43. The Hall–Kier alpha value is -0.230. The first kappa shape index (κ1) is 8.86. The average molecular weight is 166 g/mol. The van der Waals surface area contributed by atoms with Gasteiger partial charge in [-0.3, -0.25) is 0 Å². The van der Waals surface area contributed by atoms with Crippen LogP contribution >= 0.6 is 0 Å². The van der Waals surface area contributed by atoms with Crippen LogP contribution in [0.4, 0.5) is 4.39 Å². The van der Waals surface area contributed by atoms with Crippen molar-refractivity contribution < 1.29 is 24.1 Å². The molecule has 0 amide bonds. The number of aliphatic hydroxyl groups is 2. The van der Waals surface area contributed by atoms with Gasteiger partial charge in [0.05, 0.1) is 0 Å². The number of aliphatic hydroxyl groups excluding tert-OH is 2. The highest BCUT2D eigenvalue weighted by Crippen LogP contribution is 2.21. The molecule has 0 unspecified atom stereocenters. The highest BCUT2D eigenvalue weighted by atomic mass is 19.1. The van der Waals surface area contributed by atoms with E-state index in [9.17, 15) is 4.39 Å². The van der Waals surface area contributed by atoms with Crippen molar-refractivity contribution in [2.24, 2.45) is 0 Å². The Bertz CT molecular complexity index is 114. The molecule has 5 heteroatoms. The van der Waals surface area contributed by atoms with E-state index in [1.807, 2.05) is 0 Å². The van der Waals surface area contributed by atoms with Gasteiger partial charge in [-0.25, -0.2) is 4.39 Å². The third-order valence-corrected chi connectivity index (χ3v) is 1.70. The number of alkyl halides is 1. The van der Waals surface area contributed by atoms with Gasteiger partial charge < -0.3 is 19.7 Å². The standard InChI is InChI=1S/C6H11FO4/c1-10-6-5(9)4(8)3(2-7)11-6/h3-6,8-9H,2H2,1H3/t3-,4-,5+,6+/m0/s1. The van der Waals surface area contributed by atoms with E-state index >= 15 is 0 Å². The van der Waals surface area contributed by atoms with Crippen LogP contribution in [0.2, 0.25) is 0 Å². The minimum atomic E-state index is -1.19. The fourth-order valence-electron chi connectivity index (χ4n) is 1.04. The van der Waals surface area contributed by atoms with E-state index in [1.54, 1.807) is 0 Å². The highest BCUT2D eigenvalue weighted by molar-refractivity contribution is 4.85. The maximum Gasteiger partial charge on any atom is 0.186 e. The third-order valence-electron chi connectivity index (χ3n) is 1.70. The lowest BCUT2D eigenvalue weighted by molar-refractivity contribution is -0.150. The Balaban J connectivity index is 2.53. The van der Waals surface area contributed by atoms with Crippen molar-refractivity contribution in [1.82, 2.24) is 0 Å². The van der Waals surface area contributed by atoms with Gasteiger partial charge in [-0.15, -0.1) is 0 Å². The zero-order valence-corrected chi connectivity index (χ0v) is 6.11. The molecule has 2 N–H and O–H groups in total. The van der Waals surface area contributed by atoms with E-state index in [-0.39, 0.29) is 0 Å². The number of halogens is 1. The zero-order valence-electron chi connectivity index (χ0n) is 6.11. The van der Waals surface area contributed by atoms with E-state index in [0.717, 1.165) is 0 Å². The second-order valence-electron chi connectivity index (χ2n) is 2.41. The first-order valence-corrected chi connectivity index (χ1v) is 3.31. The van der Waals surface area contributed by atoms with Crippen molar-refractivity contribution in [3.63, 3.8) is 0 Å². The maximum atomic E-state index is 12.0. The number of rotatable bonds is 2. The lowest BCUT2D eigenvalue weighted by Crippen LogP contribution is -2.33. The van der Waals surface area contributed by atoms with Crippen LogP contribution in [-0.2, 0) is 9.47 Å². The van der Waals surface area contributed by atoms with Crippen LogP contribution in [0.15, 0.2) is 0 Å². The van der Waals surface area contributed by atoms with Crippen LogP contribution in [0.25, 0.3) is 0 Å². The molecule has 1 heterocycles. The van der Waals surface area contributed by atoms with Gasteiger partial charge in [0.1, 0.15) is 25.0 Å². The van der Waals surface area contributed by atoms with Gasteiger partial charge in [-0.05, 0) is 0 Å². The van der Waals surface area contributed by atoms with Gasteiger partial charge >= 0.3 is 0 Å². The largest absolute Gasteiger partial charge is 0.387 e. The Morgan fingerprint density at radius 2 is 2.09 bits per heavy atom. The Morgan fingerprint density at radius 1 is 1.45 bits per heavy atom. The molecule has 0 aromatic carbocycles. The van der Waals surface area contributed by atoms with E-state index in [4.69, 9.17) is 14.9 Å². The van der Waals surface area contributed by atoms with Gasteiger partial charge in [0.15, 0.2) is 6.29 Å². The second kappa shape index (κ2) is 3.44. The summed E-state index contributed by atoms with van der Waals surface area (Å²) in [5.74, 6) is 0. The molecule has 1 aliphatic heterocycles. The fraction of sp³-hybridized carbons (Fsp3) is 1.00. The van der Waals surface area contributed by atoms with Crippen molar-refractivity contribution >= 4 is 0 Å². The summed E-state index contributed by atoms with van der Waals surface area (Å²) in [7, 11) is 1.32. The minimum Gasteiger partial charge on any atom is -0.387 e. The van der Waals surface area contributed by atoms with Crippen LogP contribution in [-0.4, -0.2) is 48.6 Å². The van der Waals surface area contributed by atoms with Crippen molar-refractivity contribution in [2.75, 3.05) is 13.8 Å². The van der Waals surface area contributed by atoms with Gasteiger partial charge in [0, 0.05) is 7.11 Å². The average Bonchev–Trinajstić information content (AvgIpc) is 2.30. The van der Waals surface area contributed by atoms with E-state index in [0.29, 0.717) is 0 Å². The Kier molecular flexibility index (Phi) is 2.78. The number of methoxy groups -OCH3 is 1. The molecule has 0 aromatic rings. The van der Waals surface area contributed by atoms with E-state index in [2.05, 4.69) is 4.74 Å². The molecule has 0 aromatic heterocycles. The first-order valence-electron chi connectivity index (χ1n) is 3.31. The summed E-state index contributed by atoms with van der Waals surface area (Å²) in [6.07, 6.45) is -4.22. The summed E-state index contributed by atoms with van der Waals surface area (Å²) in [5, 5.41) is 18.2. The predicted molar refractivity (Wildman–Crippen MR) is 33.7 cm³/mol. The van der Waals surface area contributed by atoms with Gasteiger partial charge in [-0.1, -0.05) is 0 Å². The van der Waals surface area contributed by atoms with Gasteiger partial charge in [0.2, 0.25) is 0 Å². The second-order valence-corrected chi connectivity index (χ2v) is 2.41. The van der Waals surface area contributed by atoms with Crippen molar-refractivity contribution in [2.45, 2.75) is 24.6 Å². The molecule has 0 radical (unpaired) electrons. The van der Waals surface area contributed by atoms with Crippen LogP contribution in [0.3, 0.4) is 0 Å². The lowest BCUT2D eigenvalue weighted by atomic mass is 10.1. The number of hydrogen-bond donors (Lipinski definition) is 2. The summed E-state index contributed by atoms with van der Waals surface area (Å²) in [5.41, 5.74) is 0. The van der Waals surface area contributed by atoms with Crippen LogP contribution in [0.5, 0.6) is 0 Å². The van der Waals surface area contributed by atoms with Crippen molar-refractivity contribution in [3.8, 4) is 0 Å². The fourth-order valence-corrected chi connectivity index (χ4v) is 1.04. The molecule has 66 valence electrons. The Morgan fingerprint density at radius 3 is 2.36 bits per heavy atom. The summed E-state index contributed by atoms with van der Waals surface area (Å²) < 4.78 is 21.4. The molecular formula is C6H11FO4. The molecule has 4 atom stereocenters.